The molecule has 0 spiro atoms. The maximum Gasteiger partial charge on any atom is -0.0101 e. The van der Waals surface area contributed by atoms with Gasteiger partial charge in [0, 0.05) is 0 Å². The molecule has 2 fully saturated rings. The molecule has 0 amide bonds. The van der Waals surface area contributed by atoms with Crippen LogP contribution in [0.15, 0.2) is 24.3 Å². The Balaban J connectivity index is 1.97. The van der Waals surface area contributed by atoms with Gasteiger partial charge in [-0.15, -0.1) is 6.58 Å². The quantitative estimate of drug-likeness (QED) is 0.573. The molecule has 3 aliphatic rings. The molecule has 0 nitrogen and oxygen atoms in total. The van der Waals surface area contributed by atoms with Crippen LogP contribution in [-0.4, -0.2) is 0 Å². The molecule has 0 radical (unpaired) electrons. The van der Waals surface area contributed by atoms with E-state index in [0.717, 1.165) is 41.4 Å². The molecule has 7 atom stereocenters. The van der Waals surface area contributed by atoms with Crippen LogP contribution in [-0.2, 0) is 0 Å². The van der Waals surface area contributed by atoms with E-state index in [1.165, 1.54) is 12.8 Å². The smallest absolute Gasteiger partial charge is 0.0101 e. The second-order valence-corrected chi connectivity index (χ2v) is 6.57. The Morgan fingerprint density at radius 1 is 1.19 bits per heavy atom. The van der Waals surface area contributed by atoms with E-state index in [4.69, 9.17) is 0 Å². The monoisotopic (exact) mass is 216 g/mol. The van der Waals surface area contributed by atoms with E-state index in [1.807, 2.05) is 0 Å². The molecule has 0 aliphatic heterocycles. The second kappa shape index (κ2) is 3.48. The molecule has 2 saturated carbocycles. The van der Waals surface area contributed by atoms with E-state index in [9.17, 15) is 0 Å². The van der Waals surface area contributed by atoms with Crippen LogP contribution in [0.1, 0.15) is 33.6 Å². The summed E-state index contributed by atoms with van der Waals surface area (Å²) in [5.74, 6) is 6.11. The Morgan fingerprint density at radius 3 is 2.62 bits per heavy atom. The average Bonchev–Trinajstić information content (AvgIpc) is 2.83. The molecule has 0 heteroatoms. The van der Waals surface area contributed by atoms with E-state index in [1.54, 1.807) is 5.57 Å². The Kier molecular flexibility index (Phi) is 2.31. The summed E-state index contributed by atoms with van der Waals surface area (Å²) in [6.45, 7) is 11.4. The number of fused-ring (bicyclic) bond motifs is 3. The van der Waals surface area contributed by atoms with Crippen molar-refractivity contribution in [2.75, 3.05) is 0 Å². The highest BCUT2D eigenvalue weighted by atomic mass is 14.6. The first-order chi connectivity index (χ1) is 7.63. The molecule has 0 N–H and O–H groups in total. The Bertz CT molecular complexity index is 338. The first-order valence-corrected chi connectivity index (χ1v) is 6.97. The molecule has 0 aromatic heterocycles. The summed E-state index contributed by atoms with van der Waals surface area (Å²) in [6, 6.07) is 0. The lowest BCUT2D eigenvalue weighted by Crippen LogP contribution is -2.21. The number of hydrogen-bond donors (Lipinski definition) is 0. The van der Waals surface area contributed by atoms with Crippen LogP contribution in [0.2, 0.25) is 0 Å². The lowest BCUT2D eigenvalue weighted by molar-refractivity contribution is 0.259. The van der Waals surface area contributed by atoms with Gasteiger partial charge in [0.25, 0.3) is 0 Å². The molecule has 0 aromatic rings. The zero-order valence-corrected chi connectivity index (χ0v) is 10.8. The van der Waals surface area contributed by atoms with Crippen molar-refractivity contribution in [2.24, 2.45) is 41.4 Å². The highest BCUT2D eigenvalue weighted by Crippen LogP contribution is 2.60. The first kappa shape index (κ1) is 10.6. The van der Waals surface area contributed by atoms with Crippen LogP contribution >= 0.6 is 0 Å². The predicted octanol–water partition coefficient (Wildman–Crippen LogP) is 4.29. The zero-order valence-electron chi connectivity index (χ0n) is 10.8. The van der Waals surface area contributed by atoms with Crippen LogP contribution in [0.25, 0.3) is 0 Å². The van der Waals surface area contributed by atoms with Gasteiger partial charge in [-0.2, -0.15) is 0 Å². The fourth-order valence-corrected chi connectivity index (χ4v) is 5.04. The lowest BCUT2D eigenvalue weighted by Gasteiger charge is -2.26. The zero-order chi connectivity index (χ0) is 11.4. The van der Waals surface area contributed by atoms with E-state index >= 15 is 0 Å². The summed E-state index contributed by atoms with van der Waals surface area (Å²) in [5.41, 5.74) is 1.79. The van der Waals surface area contributed by atoms with Gasteiger partial charge in [0.2, 0.25) is 0 Å². The summed E-state index contributed by atoms with van der Waals surface area (Å²) in [4.78, 5) is 0. The fraction of sp³-hybridized carbons (Fsp3) is 0.750. The largest absolute Gasteiger partial charge is 0.103 e. The normalized spacial score (nSPS) is 54.7. The molecule has 3 aliphatic carbocycles. The lowest BCUT2D eigenvalue weighted by atomic mass is 9.78. The molecular formula is C16H24. The third kappa shape index (κ3) is 1.22. The summed E-state index contributed by atoms with van der Waals surface area (Å²) in [7, 11) is 0. The van der Waals surface area contributed by atoms with Crippen LogP contribution in [0.4, 0.5) is 0 Å². The van der Waals surface area contributed by atoms with Gasteiger partial charge in [-0.25, -0.2) is 0 Å². The van der Waals surface area contributed by atoms with Gasteiger partial charge < -0.3 is 0 Å². The molecule has 7 unspecified atom stereocenters. The minimum Gasteiger partial charge on any atom is -0.103 e. The molecule has 0 saturated heterocycles. The number of hydrogen-bond acceptors (Lipinski definition) is 0. The molecule has 88 valence electrons. The van der Waals surface area contributed by atoms with Crippen molar-refractivity contribution in [3.8, 4) is 0 Å². The molecule has 0 aromatic carbocycles. The van der Waals surface area contributed by atoms with Crippen molar-refractivity contribution in [1.82, 2.24) is 0 Å². The summed E-state index contributed by atoms with van der Waals surface area (Å²) < 4.78 is 0. The van der Waals surface area contributed by atoms with Gasteiger partial charge in [-0.1, -0.05) is 38.5 Å². The van der Waals surface area contributed by atoms with Gasteiger partial charge in [0.05, 0.1) is 0 Å². The summed E-state index contributed by atoms with van der Waals surface area (Å²) >= 11 is 0. The number of rotatable bonds is 1. The predicted molar refractivity (Wildman–Crippen MR) is 69.0 cm³/mol. The van der Waals surface area contributed by atoms with Crippen molar-refractivity contribution in [3.63, 3.8) is 0 Å². The van der Waals surface area contributed by atoms with Gasteiger partial charge in [0.15, 0.2) is 0 Å². The van der Waals surface area contributed by atoms with Crippen LogP contribution in [0.3, 0.4) is 0 Å². The van der Waals surface area contributed by atoms with Gasteiger partial charge in [-0.3, -0.25) is 0 Å². The van der Waals surface area contributed by atoms with E-state index in [2.05, 4.69) is 39.5 Å². The highest BCUT2D eigenvalue weighted by molar-refractivity contribution is 5.30. The molecule has 16 heavy (non-hydrogen) atoms. The van der Waals surface area contributed by atoms with E-state index in [0.29, 0.717) is 0 Å². The first-order valence-electron chi connectivity index (χ1n) is 6.97. The Labute approximate surface area is 99.8 Å². The second-order valence-electron chi connectivity index (χ2n) is 6.57. The SMILES string of the molecule is C=CC1CC(C)C2=CC3C(C)CC(C)C3C21. The Morgan fingerprint density at radius 2 is 1.94 bits per heavy atom. The van der Waals surface area contributed by atoms with Crippen molar-refractivity contribution >= 4 is 0 Å². The van der Waals surface area contributed by atoms with Gasteiger partial charge >= 0.3 is 0 Å². The van der Waals surface area contributed by atoms with E-state index in [-0.39, 0.29) is 0 Å². The third-order valence-electron chi connectivity index (χ3n) is 5.65. The van der Waals surface area contributed by atoms with Crippen molar-refractivity contribution < 1.29 is 0 Å². The molecule has 3 rings (SSSR count). The summed E-state index contributed by atoms with van der Waals surface area (Å²) in [5, 5.41) is 0. The molecule has 0 bridgehead atoms. The average molecular weight is 216 g/mol. The van der Waals surface area contributed by atoms with Crippen LogP contribution in [0.5, 0.6) is 0 Å². The highest BCUT2D eigenvalue weighted by Gasteiger charge is 2.52. The fourth-order valence-electron chi connectivity index (χ4n) is 5.04. The standard InChI is InChI=1S/C16H24/c1-5-12-7-10(3)14-8-13-9(2)6-11(4)15(13)16(12)14/h5,8-13,15-16H,1,6-7H2,2-4H3. The van der Waals surface area contributed by atoms with Crippen LogP contribution in [0, 0.1) is 41.4 Å². The van der Waals surface area contributed by atoms with Crippen molar-refractivity contribution in [3.05, 3.63) is 24.3 Å². The van der Waals surface area contributed by atoms with E-state index < -0.39 is 0 Å². The summed E-state index contributed by atoms with van der Waals surface area (Å²) in [6.07, 6.45) is 7.69. The Hall–Kier alpha value is -0.520. The topological polar surface area (TPSA) is 0 Å². The van der Waals surface area contributed by atoms with Gasteiger partial charge in [-0.05, 0) is 54.3 Å². The van der Waals surface area contributed by atoms with Crippen molar-refractivity contribution in [2.45, 2.75) is 33.6 Å². The van der Waals surface area contributed by atoms with Crippen molar-refractivity contribution in [1.29, 1.82) is 0 Å². The minimum atomic E-state index is 0.768. The maximum atomic E-state index is 4.07. The molecule has 0 heterocycles. The third-order valence-corrected chi connectivity index (χ3v) is 5.65. The number of allylic oxidation sites excluding steroid dienone is 3. The molecular weight excluding hydrogens is 192 g/mol. The van der Waals surface area contributed by atoms with Gasteiger partial charge in [0.1, 0.15) is 0 Å². The van der Waals surface area contributed by atoms with Crippen LogP contribution < -0.4 is 0 Å². The maximum absolute atomic E-state index is 4.07. The minimum absolute atomic E-state index is 0.768.